The van der Waals surface area contributed by atoms with Crippen LogP contribution < -0.4 is 15.0 Å². The van der Waals surface area contributed by atoms with Gasteiger partial charge in [-0.1, -0.05) is 31.2 Å². The minimum absolute atomic E-state index is 0.241. The van der Waals surface area contributed by atoms with E-state index in [1.807, 2.05) is 30.3 Å². The highest BCUT2D eigenvalue weighted by Crippen LogP contribution is 2.21. The number of fused-ring (bicyclic) bond motifs is 1. The highest BCUT2D eigenvalue weighted by molar-refractivity contribution is 6.02. The van der Waals surface area contributed by atoms with Crippen LogP contribution in [0.3, 0.4) is 0 Å². The van der Waals surface area contributed by atoms with Gasteiger partial charge < -0.3 is 18.6 Å². The zero-order chi connectivity index (χ0) is 24.0. The second-order valence-corrected chi connectivity index (χ2v) is 9.14. The van der Waals surface area contributed by atoms with E-state index in [2.05, 4.69) is 35.0 Å². The van der Waals surface area contributed by atoms with Gasteiger partial charge in [-0.15, -0.1) is 0 Å². The standard InChI is InChI=1S/C28H32N4O3/c1-2-21-10-12-22(13-11-21)34-20-23-14-15-26(35-23)27(33)30-28-29-24-8-4-5-9-25(24)32(28)19-18-31-16-6-3-7-17-31/h4-5,8-15H,2-3,6-7,16-20H2,1H3,(H,29,30,33)/p+1. The lowest BCUT2D eigenvalue weighted by atomic mass is 10.1. The van der Waals surface area contributed by atoms with Gasteiger partial charge in [0.2, 0.25) is 5.95 Å². The van der Waals surface area contributed by atoms with Gasteiger partial charge in [0.25, 0.3) is 5.91 Å². The van der Waals surface area contributed by atoms with Crippen LogP contribution in [0.1, 0.15) is 48.1 Å². The van der Waals surface area contributed by atoms with Crippen LogP contribution >= 0.6 is 0 Å². The first-order chi connectivity index (χ1) is 17.2. The molecule has 3 heterocycles. The lowest BCUT2D eigenvalue weighted by Gasteiger charge is -2.24. The number of rotatable bonds is 9. The van der Waals surface area contributed by atoms with Crippen molar-refractivity contribution in [1.82, 2.24) is 9.55 Å². The lowest BCUT2D eigenvalue weighted by Crippen LogP contribution is -3.13. The van der Waals surface area contributed by atoms with Crippen LogP contribution in [0.4, 0.5) is 5.95 Å². The number of para-hydroxylation sites is 2. The molecule has 2 N–H and O–H groups in total. The van der Waals surface area contributed by atoms with Crippen molar-refractivity contribution in [3.63, 3.8) is 0 Å². The Kier molecular flexibility index (Phi) is 7.14. The second kappa shape index (κ2) is 10.8. The van der Waals surface area contributed by atoms with Gasteiger partial charge in [0.15, 0.2) is 5.76 Å². The average molecular weight is 474 g/mol. The number of carbonyl (C=O) groups excluding carboxylic acids is 1. The molecule has 0 aliphatic carbocycles. The minimum atomic E-state index is -0.314. The molecule has 7 nitrogen and oxygen atoms in total. The average Bonchev–Trinajstić information content (AvgIpc) is 3.52. The number of furan rings is 1. The summed E-state index contributed by atoms with van der Waals surface area (Å²) in [4.78, 5) is 19.3. The van der Waals surface area contributed by atoms with Crippen molar-refractivity contribution in [1.29, 1.82) is 0 Å². The molecule has 182 valence electrons. The summed E-state index contributed by atoms with van der Waals surface area (Å²) in [6, 6.07) is 19.5. The van der Waals surface area contributed by atoms with Crippen LogP contribution in [-0.2, 0) is 19.6 Å². The Hall–Kier alpha value is -3.58. The SMILES string of the molecule is CCc1ccc(OCc2ccc(C(=O)Nc3nc4ccccc4n3CC[NH+]3CCCCC3)o2)cc1. The number of hydrogen-bond acceptors (Lipinski definition) is 4. The van der Waals surface area contributed by atoms with Crippen molar-refractivity contribution in [3.05, 3.63) is 77.7 Å². The van der Waals surface area contributed by atoms with E-state index >= 15 is 0 Å². The molecule has 1 aliphatic rings. The number of anilines is 1. The van der Waals surface area contributed by atoms with Gasteiger partial charge >= 0.3 is 0 Å². The van der Waals surface area contributed by atoms with Crippen LogP contribution in [0.5, 0.6) is 5.75 Å². The Morgan fingerprint density at radius 3 is 2.66 bits per heavy atom. The van der Waals surface area contributed by atoms with Gasteiger partial charge in [-0.05, 0) is 67.6 Å². The molecule has 1 amide bonds. The Balaban J connectivity index is 1.25. The highest BCUT2D eigenvalue weighted by Gasteiger charge is 2.19. The first kappa shape index (κ1) is 23.2. The van der Waals surface area contributed by atoms with Gasteiger partial charge in [0, 0.05) is 0 Å². The van der Waals surface area contributed by atoms with Crippen molar-refractivity contribution >= 4 is 22.9 Å². The van der Waals surface area contributed by atoms with E-state index in [1.54, 1.807) is 17.0 Å². The molecule has 5 rings (SSSR count). The fourth-order valence-corrected chi connectivity index (χ4v) is 4.69. The van der Waals surface area contributed by atoms with E-state index in [1.165, 1.54) is 37.9 Å². The van der Waals surface area contributed by atoms with E-state index in [4.69, 9.17) is 14.1 Å². The summed E-state index contributed by atoms with van der Waals surface area (Å²) in [5.74, 6) is 1.85. The van der Waals surface area contributed by atoms with Crippen molar-refractivity contribution < 1.29 is 18.8 Å². The molecule has 0 atom stereocenters. The third kappa shape index (κ3) is 5.57. The molecule has 2 aromatic carbocycles. The van der Waals surface area contributed by atoms with Crippen molar-refractivity contribution in [2.24, 2.45) is 0 Å². The van der Waals surface area contributed by atoms with E-state index in [0.29, 0.717) is 11.7 Å². The fraction of sp³-hybridized carbons (Fsp3) is 0.357. The van der Waals surface area contributed by atoms with Crippen LogP contribution in [0.15, 0.2) is 65.1 Å². The molecular formula is C28H33N4O3+. The van der Waals surface area contributed by atoms with Crippen molar-refractivity contribution in [3.8, 4) is 5.75 Å². The number of ether oxygens (including phenoxy) is 1. The second-order valence-electron chi connectivity index (χ2n) is 9.14. The third-order valence-electron chi connectivity index (χ3n) is 6.73. The summed E-state index contributed by atoms with van der Waals surface area (Å²) in [6.45, 7) is 6.64. The number of hydrogen-bond donors (Lipinski definition) is 2. The summed E-state index contributed by atoms with van der Waals surface area (Å²) in [7, 11) is 0. The van der Waals surface area contributed by atoms with Crippen molar-refractivity contribution in [2.75, 3.05) is 25.0 Å². The zero-order valence-corrected chi connectivity index (χ0v) is 20.3. The summed E-state index contributed by atoms with van der Waals surface area (Å²) >= 11 is 0. The monoisotopic (exact) mass is 473 g/mol. The molecule has 0 spiro atoms. The first-order valence-corrected chi connectivity index (χ1v) is 12.6. The fourth-order valence-electron chi connectivity index (χ4n) is 4.69. The van der Waals surface area contributed by atoms with E-state index in [0.717, 1.165) is 36.3 Å². The quantitative estimate of drug-likeness (QED) is 0.384. The molecule has 7 heteroatoms. The number of aromatic nitrogens is 2. The number of likely N-dealkylation sites (tertiary alicyclic amines) is 1. The number of benzene rings is 2. The topological polar surface area (TPSA) is 73.7 Å². The Morgan fingerprint density at radius 2 is 1.86 bits per heavy atom. The van der Waals surface area contributed by atoms with Crippen molar-refractivity contribution in [2.45, 2.75) is 45.8 Å². The normalized spacial score (nSPS) is 14.3. The molecule has 1 fully saturated rings. The van der Waals surface area contributed by atoms with Crippen LogP contribution in [0, 0.1) is 0 Å². The van der Waals surface area contributed by atoms with E-state index in [9.17, 15) is 4.79 Å². The molecule has 0 unspecified atom stereocenters. The summed E-state index contributed by atoms with van der Waals surface area (Å²) < 4.78 is 13.7. The Morgan fingerprint density at radius 1 is 1.06 bits per heavy atom. The number of quaternary nitrogens is 1. The number of nitrogens with one attached hydrogen (secondary N) is 2. The lowest BCUT2D eigenvalue weighted by molar-refractivity contribution is -0.905. The number of nitrogens with zero attached hydrogens (tertiary/aromatic N) is 2. The van der Waals surface area contributed by atoms with Gasteiger partial charge in [-0.2, -0.15) is 0 Å². The summed E-state index contributed by atoms with van der Waals surface area (Å²) in [6.07, 6.45) is 4.90. The molecule has 0 radical (unpaired) electrons. The molecule has 0 bridgehead atoms. The smallest absolute Gasteiger partial charge is 0.293 e. The molecule has 0 saturated carbocycles. The maximum atomic E-state index is 13.0. The minimum Gasteiger partial charge on any atom is -0.486 e. The van der Waals surface area contributed by atoms with Gasteiger partial charge in [-0.3, -0.25) is 10.1 Å². The van der Waals surface area contributed by atoms with Gasteiger partial charge in [-0.25, -0.2) is 4.98 Å². The summed E-state index contributed by atoms with van der Waals surface area (Å²) in [5, 5.41) is 2.97. The Bertz CT molecular complexity index is 1270. The number of carbonyl (C=O) groups is 1. The van der Waals surface area contributed by atoms with E-state index in [-0.39, 0.29) is 18.3 Å². The largest absolute Gasteiger partial charge is 0.486 e. The molecule has 2 aromatic heterocycles. The zero-order valence-electron chi connectivity index (χ0n) is 20.3. The number of amides is 1. The van der Waals surface area contributed by atoms with Gasteiger partial charge in [0.05, 0.1) is 37.2 Å². The first-order valence-electron chi connectivity index (χ1n) is 12.6. The van der Waals surface area contributed by atoms with Crippen LogP contribution in [0.2, 0.25) is 0 Å². The molecular weight excluding hydrogens is 440 g/mol. The predicted molar refractivity (Wildman–Crippen MR) is 136 cm³/mol. The summed E-state index contributed by atoms with van der Waals surface area (Å²) in [5.41, 5.74) is 3.17. The number of imidazole rings is 1. The molecule has 1 saturated heterocycles. The number of piperidine rings is 1. The third-order valence-corrected chi connectivity index (χ3v) is 6.73. The molecule has 4 aromatic rings. The number of aryl methyl sites for hydroxylation is 1. The molecule has 35 heavy (non-hydrogen) atoms. The maximum absolute atomic E-state index is 13.0. The van der Waals surface area contributed by atoms with Crippen LogP contribution in [0.25, 0.3) is 11.0 Å². The molecule has 1 aliphatic heterocycles. The maximum Gasteiger partial charge on any atom is 0.293 e. The highest BCUT2D eigenvalue weighted by atomic mass is 16.5. The Labute approximate surface area is 205 Å². The predicted octanol–water partition coefficient (Wildman–Crippen LogP) is 4.09. The van der Waals surface area contributed by atoms with Gasteiger partial charge in [0.1, 0.15) is 18.1 Å². The van der Waals surface area contributed by atoms with E-state index < -0.39 is 0 Å². The van der Waals surface area contributed by atoms with Crippen LogP contribution in [-0.4, -0.2) is 35.1 Å².